The van der Waals surface area contributed by atoms with Gasteiger partial charge in [-0.15, -0.1) is 0 Å². The van der Waals surface area contributed by atoms with Gasteiger partial charge < -0.3 is 9.13 Å². The van der Waals surface area contributed by atoms with Crippen LogP contribution in [-0.2, 0) is 10.8 Å². The van der Waals surface area contributed by atoms with Crippen molar-refractivity contribution in [3.05, 3.63) is 263 Å². The second-order valence-electron chi connectivity index (χ2n) is 16.0. The molecule has 3 aliphatic carbocycles. The van der Waals surface area contributed by atoms with Crippen LogP contribution in [0.15, 0.2) is 218 Å². The van der Waals surface area contributed by atoms with Gasteiger partial charge in [-0.3, -0.25) is 0 Å². The van der Waals surface area contributed by atoms with Crippen LogP contribution in [0.5, 0.6) is 0 Å². The Labute approximate surface area is 336 Å². The van der Waals surface area contributed by atoms with Crippen molar-refractivity contribution in [3.8, 4) is 11.4 Å². The first-order valence-corrected chi connectivity index (χ1v) is 20.3. The third-order valence-electron chi connectivity index (χ3n) is 13.5. The molecule has 0 amide bonds. The summed E-state index contributed by atoms with van der Waals surface area (Å²) >= 11 is 0. The SMILES string of the molecule is c1ccc2c(c1)C1(c3ccc(-n4c5ccccc5c5ccccc54)cc3)c3ccccc3C2(c2ccc(-n3c4ccccc4c4ccccc43)cc2)c2ccccc21. The summed E-state index contributed by atoms with van der Waals surface area (Å²) in [4.78, 5) is 0. The zero-order valence-corrected chi connectivity index (χ0v) is 31.7. The molecule has 9 aromatic carbocycles. The number of nitrogens with zero attached hydrogens (tertiary/aromatic N) is 2. The minimum atomic E-state index is -0.492. The molecule has 11 aromatic rings. The predicted molar refractivity (Wildman–Crippen MR) is 239 cm³/mol. The van der Waals surface area contributed by atoms with Crippen LogP contribution in [0.25, 0.3) is 55.0 Å². The van der Waals surface area contributed by atoms with Crippen LogP contribution in [0.3, 0.4) is 0 Å². The Balaban J connectivity index is 1.04. The molecule has 0 saturated heterocycles. The zero-order valence-electron chi connectivity index (χ0n) is 31.7. The first-order chi connectivity index (χ1) is 28.8. The molecule has 0 N–H and O–H groups in total. The van der Waals surface area contributed by atoms with Crippen LogP contribution >= 0.6 is 0 Å². The predicted octanol–water partition coefficient (Wildman–Crippen LogP) is 13.3. The summed E-state index contributed by atoms with van der Waals surface area (Å²) in [7, 11) is 0. The van der Waals surface area contributed by atoms with E-state index in [0.717, 1.165) is 11.4 Å². The van der Waals surface area contributed by atoms with Crippen molar-refractivity contribution in [3.63, 3.8) is 0 Å². The van der Waals surface area contributed by atoms with Crippen molar-refractivity contribution in [2.75, 3.05) is 0 Å². The van der Waals surface area contributed by atoms with E-state index in [0.29, 0.717) is 0 Å². The van der Waals surface area contributed by atoms with E-state index in [4.69, 9.17) is 0 Å². The van der Waals surface area contributed by atoms with Gasteiger partial charge in [0.2, 0.25) is 0 Å². The minimum absolute atomic E-state index is 0.492. The highest BCUT2D eigenvalue weighted by Gasteiger charge is 2.59. The number of hydrogen-bond donors (Lipinski definition) is 0. The molecule has 0 unspecified atom stereocenters. The Morgan fingerprint density at radius 1 is 0.224 bits per heavy atom. The fourth-order valence-electron chi connectivity index (χ4n) is 11.3. The van der Waals surface area contributed by atoms with Gasteiger partial charge in [0.1, 0.15) is 0 Å². The van der Waals surface area contributed by atoms with Gasteiger partial charge in [-0.2, -0.15) is 0 Å². The quantitative estimate of drug-likeness (QED) is 0.170. The van der Waals surface area contributed by atoms with E-state index >= 15 is 0 Å². The smallest absolute Gasteiger partial charge is 0.0711 e. The summed E-state index contributed by atoms with van der Waals surface area (Å²) in [5.74, 6) is 0. The number of aromatic nitrogens is 2. The van der Waals surface area contributed by atoms with Crippen LogP contribution in [-0.4, -0.2) is 9.13 Å². The summed E-state index contributed by atoms with van der Waals surface area (Å²) in [6.45, 7) is 0. The highest BCUT2D eigenvalue weighted by atomic mass is 15.0. The van der Waals surface area contributed by atoms with Crippen molar-refractivity contribution in [2.45, 2.75) is 10.8 Å². The maximum Gasteiger partial charge on any atom is 0.0711 e. The monoisotopic (exact) mass is 736 g/mol. The molecule has 0 saturated carbocycles. The molecule has 2 aromatic heterocycles. The molecule has 2 bridgehead atoms. The van der Waals surface area contributed by atoms with Crippen LogP contribution in [0.1, 0.15) is 44.5 Å². The maximum atomic E-state index is 2.41. The summed E-state index contributed by atoms with van der Waals surface area (Å²) in [6, 6.07) is 81.7. The van der Waals surface area contributed by atoms with Crippen molar-refractivity contribution in [1.29, 1.82) is 0 Å². The average Bonchev–Trinajstić information content (AvgIpc) is 3.82. The van der Waals surface area contributed by atoms with Gasteiger partial charge in [-0.05, 0) is 93.0 Å². The highest BCUT2D eigenvalue weighted by Crippen LogP contribution is 2.66. The third-order valence-corrected chi connectivity index (χ3v) is 13.5. The lowest BCUT2D eigenvalue weighted by Gasteiger charge is -2.57. The average molecular weight is 737 g/mol. The number of hydrogen-bond acceptors (Lipinski definition) is 0. The molecular formula is C56H36N2. The molecule has 0 aliphatic heterocycles. The molecule has 2 nitrogen and oxygen atoms in total. The number of para-hydroxylation sites is 4. The fraction of sp³-hybridized carbons (Fsp3) is 0.0357. The second-order valence-corrected chi connectivity index (χ2v) is 16.0. The van der Waals surface area contributed by atoms with Crippen LogP contribution in [0, 0.1) is 0 Å². The molecule has 58 heavy (non-hydrogen) atoms. The molecule has 0 spiro atoms. The van der Waals surface area contributed by atoms with E-state index in [-0.39, 0.29) is 0 Å². The van der Waals surface area contributed by atoms with E-state index in [1.165, 1.54) is 88.1 Å². The summed E-state index contributed by atoms with van der Waals surface area (Å²) < 4.78 is 4.83. The van der Waals surface area contributed by atoms with E-state index < -0.39 is 10.8 Å². The second kappa shape index (κ2) is 11.6. The van der Waals surface area contributed by atoms with E-state index in [9.17, 15) is 0 Å². The molecule has 2 heterocycles. The maximum absolute atomic E-state index is 2.41. The van der Waals surface area contributed by atoms with Gasteiger partial charge in [0.05, 0.1) is 32.9 Å². The Kier molecular flexibility index (Phi) is 6.33. The molecular weight excluding hydrogens is 701 g/mol. The summed E-state index contributed by atoms with van der Waals surface area (Å²) in [5.41, 5.74) is 16.9. The Morgan fingerprint density at radius 2 is 0.448 bits per heavy atom. The molecule has 3 aliphatic rings. The number of benzene rings is 9. The van der Waals surface area contributed by atoms with Gasteiger partial charge in [-0.1, -0.05) is 170 Å². The normalized spacial score (nSPS) is 17.8. The summed E-state index contributed by atoms with van der Waals surface area (Å²) in [6.07, 6.45) is 0. The van der Waals surface area contributed by atoms with Crippen LogP contribution < -0.4 is 0 Å². The van der Waals surface area contributed by atoms with Gasteiger partial charge in [0, 0.05) is 32.9 Å². The lowest BCUT2D eigenvalue weighted by Crippen LogP contribution is -2.51. The Morgan fingerprint density at radius 3 is 0.707 bits per heavy atom. The molecule has 0 fully saturated rings. The number of rotatable bonds is 4. The minimum Gasteiger partial charge on any atom is -0.309 e. The standard InChI is InChI=1S/C56H36N2/c1-11-25-51-41(15-1)42-16-2-12-26-52(42)57(51)39-33-29-37(30-34-39)55-45-19-5-8-22-48(45)56(49-23-9-6-20-46(49)55,50-24-10-7-21-47(50)55)38-31-35-40(36-32-38)58-53-27-13-3-17-43(53)44-18-4-14-28-54(44)58/h1-36H. The van der Waals surface area contributed by atoms with Crippen molar-refractivity contribution >= 4 is 43.6 Å². The first kappa shape index (κ1) is 31.7. The lowest BCUT2D eigenvalue weighted by atomic mass is 9.44. The van der Waals surface area contributed by atoms with E-state index in [1.807, 2.05) is 0 Å². The Hall–Kier alpha value is -7.42. The van der Waals surface area contributed by atoms with Gasteiger partial charge in [0.25, 0.3) is 0 Å². The Bertz CT molecular complexity index is 3000. The molecule has 0 atom stereocenters. The third kappa shape index (κ3) is 3.82. The van der Waals surface area contributed by atoms with Gasteiger partial charge >= 0.3 is 0 Å². The number of fused-ring (bicyclic) bond motifs is 6. The first-order valence-electron chi connectivity index (χ1n) is 20.3. The topological polar surface area (TPSA) is 9.86 Å². The van der Waals surface area contributed by atoms with Crippen molar-refractivity contribution < 1.29 is 0 Å². The molecule has 0 radical (unpaired) electrons. The van der Waals surface area contributed by atoms with E-state index in [2.05, 4.69) is 228 Å². The van der Waals surface area contributed by atoms with E-state index in [1.54, 1.807) is 0 Å². The van der Waals surface area contributed by atoms with Gasteiger partial charge in [0.15, 0.2) is 0 Å². The van der Waals surface area contributed by atoms with Crippen LogP contribution in [0.4, 0.5) is 0 Å². The molecule has 2 heteroatoms. The largest absolute Gasteiger partial charge is 0.309 e. The van der Waals surface area contributed by atoms with Crippen molar-refractivity contribution in [1.82, 2.24) is 9.13 Å². The zero-order chi connectivity index (χ0) is 38.0. The van der Waals surface area contributed by atoms with Crippen LogP contribution in [0.2, 0.25) is 0 Å². The lowest BCUT2D eigenvalue weighted by molar-refractivity contribution is 0.557. The molecule has 270 valence electrons. The summed E-state index contributed by atoms with van der Waals surface area (Å²) in [5, 5.41) is 5.10. The van der Waals surface area contributed by atoms with Gasteiger partial charge in [-0.25, -0.2) is 0 Å². The van der Waals surface area contributed by atoms with Crippen molar-refractivity contribution in [2.24, 2.45) is 0 Å². The molecule has 14 rings (SSSR count). The highest BCUT2D eigenvalue weighted by molar-refractivity contribution is 6.10. The fourth-order valence-corrected chi connectivity index (χ4v) is 11.3.